The third-order valence-electron chi connectivity index (χ3n) is 6.77. The van der Waals surface area contributed by atoms with Gasteiger partial charge >= 0.3 is 0 Å². The standard InChI is InChI=1S/C22H32N4O4S/c1-2-24-12-14-25(15-13-24)22(28)17-8-10-26(11-9-17)31(29,30)19-6-7-20-18(16-19)4-3-5-21(27)23-20/h6-7,16-17H,2-5,8-15H2,1H3,(H,23,27). The number of anilines is 1. The second-order valence-corrected chi connectivity index (χ2v) is 10.6. The van der Waals surface area contributed by atoms with Crippen molar-refractivity contribution in [1.82, 2.24) is 14.1 Å². The SMILES string of the molecule is CCN1CCN(C(=O)C2CCN(S(=O)(=O)c3ccc4c(c3)CCCC(=O)N4)CC2)CC1. The van der Waals surface area contributed by atoms with Gasteiger partial charge in [0, 0.05) is 57.3 Å². The van der Waals surface area contributed by atoms with Gasteiger partial charge in [0.15, 0.2) is 0 Å². The minimum atomic E-state index is -3.62. The second kappa shape index (κ2) is 9.26. The molecule has 3 aliphatic rings. The number of likely N-dealkylation sites (N-methyl/N-ethyl adjacent to an activating group) is 1. The maximum Gasteiger partial charge on any atom is 0.243 e. The van der Waals surface area contributed by atoms with Gasteiger partial charge in [0.05, 0.1) is 4.90 Å². The smallest absolute Gasteiger partial charge is 0.243 e. The molecule has 1 aromatic rings. The average Bonchev–Trinajstić information content (AvgIpc) is 2.98. The normalized spacial score (nSPS) is 22.0. The summed E-state index contributed by atoms with van der Waals surface area (Å²) < 4.78 is 27.9. The fourth-order valence-electron chi connectivity index (χ4n) is 4.75. The summed E-state index contributed by atoms with van der Waals surface area (Å²) in [5.74, 6) is 0.0488. The van der Waals surface area contributed by atoms with E-state index >= 15 is 0 Å². The van der Waals surface area contributed by atoms with Crippen LogP contribution in [0.25, 0.3) is 0 Å². The van der Waals surface area contributed by atoms with Crippen molar-refractivity contribution in [3.8, 4) is 0 Å². The summed E-state index contributed by atoms with van der Waals surface area (Å²) >= 11 is 0. The van der Waals surface area contributed by atoms with E-state index < -0.39 is 10.0 Å². The lowest BCUT2D eigenvalue weighted by Crippen LogP contribution is -2.51. The van der Waals surface area contributed by atoms with Crippen LogP contribution in [-0.4, -0.2) is 80.2 Å². The van der Waals surface area contributed by atoms with Gasteiger partial charge in [-0.3, -0.25) is 9.59 Å². The highest BCUT2D eigenvalue weighted by Gasteiger charge is 2.34. The maximum absolute atomic E-state index is 13.2. The van der Waals surface area contributed by atoms with Crippen LogP contribution in [0.15, 0.2) is 23.1 Å². The number of hydrogen-bond acceptors (Lipinski definition) is 5. The Morgan fingerprint density at radius 1 is 1.06 bits per heavy atom. The molecule has 4 rings (SSSR count). The third kappa shape index (κ3) is 4.78. The van der Waals surface area contributed by atoms with E-state index in [-0.39, 0.29) is 22.6 Å². The van der Waals surface area contributed by atoms with Crippen molar-refractivity contribution in [1.29, 1.82) is 0 Å². The van der Waals surface area contributed by atoms with E-state index in [0.717, 1.165) is 38.3 Å². The molecular weight excluding hydrogens is 416 g/mol. The number of amides is 2. The predicted molar refractivity (Wildman–Crippen MR) is 118 cm³/mol. The van der Waals surface area contributed by atoms with E-state index in [1.807, 2.05) is 4.90 Å². The van der Waals surface area contributed by atoms with E-state index in [1.54, 1.807) is 18.2 Å². The number of aryl methyl sites for hydroxylation is 1. The van der Waals surface area contributed by atoms with Crippen molar-refractivity contribution in [3.63, 3.8) is 0 Å². The number of rotatable bonds is 4. The van der Waals surface area contributed by atoms with Gasteiger partial charge in [0.25, 0.3) is 0 Å². The van der Waals surface area contributed by atoms with Crippen molar-refractivity contribution in [2.24, 2.45) is 5.92 Å². The molecule has 8 nitrogen and oxygen atoms in total. The molecule has 3 aliphatic heterocycles. The molecular formula is C22H32N4O4S. The molecule has 170 valence electrons. The summed E-state index contributed by atoms with van der Waals surface area (Å²) in [6.45, 7) is 7.21. The van der Waals surface area contributed by atoms with Gasteiger partial charge in [-0.05, 0) is 56.0 Å². The molecule has 2 amide bonds. The first kappa shape index (κ1) is 22.2. The fraction of sp³-hybridized carbons (Fsp3) is 0.636. The quantitative estimate of drug-likeness (QED) is 0.754. The van der Waals surface area contributed by atoms with Crippen molar-refractivity contribution in [2.45, 2.75) is 43.9 Å². The molecule has 0 aliphatic carbocycles. The molecule has 0 spiro atoms. The van der Waals surface area contributed by atoms with Gasteiger partial charge in [-0.2, -0.15) is 4.31 Å². The zero-order chi connectivity index (χ0) is 22.0. The number of hydrogen-bond donors (Lipinski definition) is 1. The Morgan fingerprint density at radius 3 is 2.45 bits per heavy atom. The van der Waals surface area contributed by atoms with E-state index in [2.05, 4.69) is 17.1 Å². The number of nitrogens with zero attached hydrogens (tertiary/aromatic N) is 3. The van der Waals surface area contributed by atoms with Gasteiger partial charge in [0.2, 0.25) is 21.8 Å². The van der Waals surface area contributed by atoms with Crippen molar-refractivity contribution in [3.05, 3.63) is 23.8 Å². The summed E-state index contributed by atoms with van der Waals surface area (Å²) in [7, 11) is -3.62. The molecule has 0 unspecified atom stereocenters. The summed E-state index contributed by atoms with van der Waals surface area (Å²) in [5, 5.41) is 2.84. The number of carbonyl (C=O) groups excluding carboxylic acids is 2. The van der Waals surface area contributed by atoms with E-state index in [4.69, 9.17) is 0 Å². The first-order chi connectivity index (χ1) is 14.9. The highest BCUT2D eigenvalue weighted by atomic mass is 32.2. The molecule has 0 aromatic heterocycles. The second-order valence-electron chi connectivity index (χ2n) is 8.66. The number of carbonyl (C=O) groups is 2. The van der Waals surface area contributed by atoms with Crippen molar-refractivity contribution < 1.29 is 18.0 Å². The van der Waals surface area contributed by atoms with Crippen molar-refractivity contribution in [2.75, 3.05) is 51.1 Å². The monoisotopic (exact) mass is 448 g/mol. The zero-order valence-corrected chi connectivity index (χ0v) is 19.0. The van der Waals surface area contributed by atoms with Gasteiger partial charge in [0.1, 0.15) is 0 Å². The molecule has 2 saturated heterocycles. The number of nitrogens with one attached hydrogen (secondary N) is 1. The van der Waals surface area contributed by atoms with Gasteiger partial charge in [-0.15, -0.1) is 0 Å². The van der Waals surface area contributed by atoms with Crippen LogP contribution < -0.4 is 5.32 Å². The summed E-state index contributed by atoms with van der Waals surface area (Å²) in [5.41, 5.74) is 1.57. The van der Waals surface area contributed by atoms with Crippen LogP contribution >= 0.6 is 0 Å². The zero-order valence-electron chi connectivity index (χ0n) is 18.2. The number of sulfonamides is 1. The predicted octanol–water partition coefficient (Wildman–Crippen LogP) is 1.53. The molecule has 1 N–H and O–H groups in total. The lowest BCUT2D eigenvalue weighted by atomic mass is 9.96. The molecule has 0 bridgehead atoms. The van der Waals surface area contributed by atoms with Crippen LogP contribution in [0.3, 0.4) is 0 Å². The fourth-order valence-corrected chi connectivity index (χ4v) is 6.27. The molecule has 3 heterocycles. The highest BCUT2D eigenvalue weighted by Crippen LogP contribution is 2.29. The molecule has 2 fully saturated rings. The maximum atomic E-state index is 13.2. The minimum Gasteiger partial charge on any atom is -0.340 e. The van der Waals surface area contributed by atoms with E-state index in [1.165, 1.54) is 4.31 Å². The lowest BCUT2D eigenvalue weighted by Gasteiger charge is -2.38. The van der Waals surface area contributed by atoms with Crippen molar-refractivity contribution >= 4 is 27.5 Å². The topological polar surface area (TPSA) is 90.0 Å². The Morgan fingerprint density at radius 2 is 1.77 bits per heavy atom. The van der Waals surface area contributed by atoms with Crippen LogP contribution in [0.4, 0.5) is 5.69 Å². The molecule has 31 heavy (non-hydrogen) atoms. The Bertz CT molecular complexity index is 933. The Labute approximate surface area is 184 Å². The summed E-state index contributed by atoms with van der Waals surface area (Å²) in [6, 6.07) is 4.96. The molecule has 9 heteroatoms. The number of piperidine rings is 1. The Balaban J connectivity index is 1.38. The Hall–Kier alpha value is -1.97. The molecule has 0 atom stereocenters. The molecule has 0 saturated carbocycles. The molecule has 1 aromatic carbocycles. The number of fused-ring (bicyclic) bond motifs is 1. The minimum absolute atomic E-state index is 0.0304. The van der Waals surface area contributed by atoms with Crippen LogP contribution in [0.5, 0.6) is 0 Å². The highest BCUT2D eigenvalue weighted by molar-refractivity contribution is 7.89. The number of benzene rings is 1. The average molecular weight is 449 g/mol. The van der Waals surface area contributed by atoms with Gasteiger partial charge < -0.3 is 15.1 Å². The Kier molecular flexibility index (Phi) is 6.64. The lowest BCUT2D eigenvalue weighted by molar-refractivity contribution is -0.138. The molecule has 0 radical (unpaired) electrons. The van der Waals surface area contributed by atoms with Gasteiger partial charge in [-0.1, -0.05) is 6.92 Å². The van der Waals surface area contributed by atoms with Gasteiger partial charge in [-0.25, -0.2) is 8.42 Å². The summed E-state index contributed by atoms with van der Waals surface area (Å²) in [4.78, 5) is 29.2. The first-order valence-electron chi connectivity index (χ1n) is 11.3. The van der Waals surface area contributed by atoms with Crippen LogP contribution in [0.1, 0.15) is 38.2 Å². The largest absolute Gasteiger partial charge is 0.340 e. The summed E-state index contributed by atoms with van der Waals surface area (Å²) in [6.07, 6.45) is 2.97. The van der Waals surface area contributed by atoms with Crippen LogP contribution in [0, 0.1) is 5.92 Å². The number of piperazine rings is 1. The van der Waals surface area contributed by atoms with E-state index in [0.29, 0.717) is 50.9 Å². The third-order valence-corrected chi connectivity index (χ3v) is 8.67. The van der Waals surface area contributed by atoms with E-state index in [9.17, 15) is 18.0 Å². The first-order valence-corrected chi connectivity index (χ1v) is 12.8. The van der Waals surface area contributed by atoms with Crippen LogP contribution in [0.2, 0.25) is 0 Å². The van der Waals surface area contributed by atoms with Crippen LogP contribution in [-0.2, 0) is 26.0 Å².